The average molecular weight is 479 g/mol. The maximum atomic E-state index is 6.39. The highest BCUT2D eigenvalue weighted by Gasteiger charge is 2.16. The highest BCUT2D eigenvalue weighted by Crippen LogP contribution is 2.39. The fourth-order valence-electron chi connectivity index (χ4n) is 5.53. The van der Waals surface area contributed by atoms with E-state index in [4.69, 9.17) is 8.83 Å². The summed E-state index contributed by atoms with van der Waals surface area (Å²) >= 11 is 0. The van der Waals surface area contributed by atoms with Crippen LogP contribution in [0.2, 0.25) is 0 Å². The lowest BCUT2D eigenvalue weighted by atomic mass is 9.92. The number of aryl methyl sites for hydroxylation is 1. The Morgan fingerprint density at radius 2 is 1.54 bits per heavy atom. The van der Waals surface area contributed by atoms with Gasteiger partial charge in [0.15, 0.2) is 0 Å². The minimum atomic E-state index is 0.855. The molecule has 2 aromatic heterocycles. The quantitative estimate of drug-likeness (QED) is 0.235. The Hall–Kier alpha value is -4.56. The van der Waals surface area contributed by atoms with E-state index in [0.717, 1.165) is 73.4 Å². The molecule has 2 nitrogen and oxygen atoms in total. The molecule has 0 bridgehead atoms. The molecule has 4 aromatic carbocycles. The number of hydrogen-bond donors (Lipinski definition) is 0. The normalized spacial score (nSPS) is 17.5. The summed E-state index contributed by atoms with van der Waals surface area (Å²) in [5, 5.41) is 4.51. The van der Waals surface area contributed by atoms with Gasteiger partial charge >= 0.3 is 0 Å². The molecule has 1 aliphatic carbocycles. The predicted molar refractivity (Wildman–Crippen MR) is 157 cm³/mol. The van der Waals surface area contributed by atoms with Crippen LogP contribution in [0.5, 0.6) is 0 Å². The van der Waals surface area contributed by atoms with Crippen LogP contribution < -0.4 is 0 Å². The third kappa shape index (κ3) is 3.65. The maximum absolute atomic E-state index is 6.39. The molecule has 0 saturated carbocycles. The number of rotatable bonds is 1. The third-order valence-electron chi connectivity index (χ3n) is 7.39. The number of hydrogen-bond acceptors (Lipinski definition) is 2. The lowest BCUT2D eigenvalue weighted by Gasteiger charge is -2.12. The fourth-order valence-corrected chi connectivity index (χ4v) is 5.53. The Kier molecular flexibility index (Phi) is 5.00. The maximum Gasteiger partial charge on any atom is 0.139 e. The molecule has 0 spiro atoms. The van der Waals surface area contributed by atoms with Gasteiger partial charge in [0.05, 0.1) is 0 Å². The molecule has 2 heterocycles. The van der Waals surface area contributed by atoms with Crippen LogP contribution in [0.1, 0.15) is 35.1 Å². The molecule has 0 fully saturated rings. The summed E-state index contributed by atoms with van der Waals surface area (Å²) in [6, 6.07) is 25.5. The van der Waals surface area contributed by atoms with Gasteiger partial charge in [-0.1, -0.05) is 79.4 Å². The monoisotopic (exact) mass is 478 g/mol. The summed E-state index contributed by atoms with van der Waals surface area (Å²) in [6.07, 6.45) is 12.8. The van der Waals surface area contributed by atoms with Crippen molar-refractivity contribution in [2.75, 3.05) is 0 Å². The molecule has 0 unspecified atom stereocenters. The summed E-state index contributed by atoms with van der Waals surface area (Å²) in [7, 11) is 0. The first-order valence-electron chi connectivity index (χ1n) is 12.8. The van der Waals surface area contributed by atoms with Crippen LogP contribution in [-0.2, 0) is 0 Å². The van der Waals surface area contributed by atoms with Gasteiger partial charge in [-0.2, -0.15) is 0 Å². The van der Waals surface area contributed by atoms with Gasteiger partial charge in [0.2, 0.25) is 0 Å². The summed E-state index contributed by atoms with van der Waals surface area (Å²) in [5.74, 6) is 0. The lowest BCUT2D eigenvalue weighted by molar-refractivity contribution is 0.654. The van der Waals surface area contributed by atoms with Gasteiger partial charge in [0.25, 0.3) is 0 Å². The van der Waals surface area contributed by atoms with Crippen LogP contribution in [-0.4, -0.2) is 0 Å². The van der Waals surface area contributed by atoms with Crippen molar-refractivity contribution in [2.45, 2.75) is 19.8 Å². The van der Waals surface area contributed by atoms with E-state index in [9.17, 15) is 0 Å². The van der Waals surface area contributed by atoms with E-state index >= 15 is 0 Å². The first-order valence-corrected chi connectivity index (χ1v) is 12.8. The Balaban J connectivity index is 1.45. The van der Waals surface area contributed by atoms with E-state index in [2.05, 4.69) is 98.5 Å². The highest BCUT2D eigenvalue weighted by molar-refractivity contribution is 6.15. The van der Waals surface area contributed by atoms with Crippen LogP contribution >= 0.6 is 0 Å². The number of fused-ring (bicyclic) bond motifs is 7. The molecular formula is C35H26O2. The zero-order valence-electron chi connectivity index (χ0n) is 20.8. The predicted octanol–water partition coefficient (Wildman–Crippen LogP) is 10.3. The van der Waals surface area contributed by atoms with Crippen molar-refractivity contribution in [3.05, 3.63) is 126 Å². The molecule has 6 aromatic rings. The van der Waals surface area contributed by atoms with Gasteiger partial charge in [-0.15, -0.1) is 0 Å². The Morgan fingerprint density at radius 1 is 0.730 bits per heavy atom. The van der Waals surface area contributed by atoms with Gasteiger partial charge in [-0.05, 0) is 77.4 Å². The minimum absolute atomic E-state index is 0.855. The Morgan fingerprint density at radius 3 is 2.49 bits per heavy atom. The number of furan rings is 2. The van der Waals surface area contributed by atoms with Crippen molar-refractivity contribution < 1.29 is 8.83 Å². The van der Waals surface area contributed by atoms with E-state index in [0.29, 0.717) is 0 Å². The summed E-state index contributed by atoms with van der Waals surface area (Å²) in [5.41, 5.74) is 10.6. The molecule has 2 heteroatoms. The average Bonchev–Trinajstić information content (AvgIpc) is 3.45. The van der Waals surface area contributed by atoms with Crippen molar-refractivity contribution in [3.8, 4) is 0 Å². The first kappa shape index (κ1) is 21.7. The van der Waals surface area contributed by atoms with Gasteiger partial charge in [-0.3, -0.25) is 0 Å². The second-order valence-electron chi connectivity index (χ2n) is 9.82. The van der Waals surface area contributed by atoms with Crippen LogP contribution in [0, 0.1) is 6.92 Å². The number of para-hydroxylation sites is 1. The molecule has 0 saturated heterocycles. The molecule has 1 aliphatic rings. The molecule has 7 rings (SSSR count). The van der Waals surface area contributed by atoms with Crippen molar-refractivity contribution in [2.24, 2.45) is 0 Å². The van der Waals surface area contributed by atoms with Crippen LogP contribution in [0.15, 0.2) is 113 Å². The van der Waals surface area contributed by atoms with E-state index in [1.807, 2.05) is 18.2 Å². The minimum Gasteiger partial charge on any atom is -0.456 e. The topological polar surface area (TPSA) is 26.3 Å². The Bertz CT molecular complexity index is 1950. The summed E-state index contributed by atoms with van der Waals surface area (Å²) in [4.78, 5) is 0. The molecule has 0 amide bonds. The molecule has 37 heavy (non-hydrogen) atoms. The third-order valence-corrected chi connectivity index (χ3v) is 7.39. The summed E-state index contributed by atoms with van der Waals surface area (Å²) in [6.45, 7) is 6.45. The van der Waals surface area contributed by atoms with Crippen molar-refractivity contribution >= 4 is 61.1 Å². The number of benzene rings is 4. The zero-order chi connectivity index (χ0) is 24.9. The van der Waals surface area contributed by atoms with E-state index in [1.165, 1.54) is 16.7 Å². The van der Waals surface area contributed by atoms with Gasteiger partial charge in [0.1, 0.15) is 22.3 Å². The molecular weight excluding hydrogens is 452 g/mol. The fraction of sp³-hybridized carbons (Fsp3) is 0.0857. The van der Waals surface area contributed by atoms with Gasteiger partial charge < -0.3 is 8.83 Å². The van der Waals surface area contributed by atoms with Crippen molar-refractivity contribution in [1.29, 1.82) is 0 Å². The van der Waals surface area contributed by atoms with Crippen LogP contribution in [0.4, 0.5) is 0 Å². The van der Waals surface area contributed by atoms with Crippen LogP contribution in [0.3, 0.4) is 0 Å². The van der Waals surface area contributed by atoms with E-state index < -0.39 is 0 Å². The van der Waals surface area contributed by atoms with Gasteiger partial charge in [-0.25, -0.2) is 0 Å². The van der Waals surface area contributed by atoms with Crippen molar-refractivity contribution in [1.82, 2.24) is 0 Å². The summed E-state index contributed by atoms with van der Waals surface area (Å²) < 4.78 is 12.5. The standard InChI is InChI=1S/C35H26O2/c1-22-11-5-3-4-6-12-24(18-25-13-7-8-14-27(22)25)26-17-23(2)35-31(19-26)30-20-29-28-15-9-10-16-32(28)36-33(29)21-34(30)37-35/h3-5,7-11,13-21H,1,6,12H2,2H3/b4-3-,11-5-,24-18-. The Labute approximate surface area is 215 Å². The number of allylic oxidation sites excluding steroid dienone is 6. The molecule has 0 N–H and O–H groups in total. The largest absolute Gasteiger partial charge is 0.456 e. The second-order valence-corrected chi connectivity index (χ2v) is 9.82. The first-order chi connectivity index (χ1) is 18.2. The SMILES string of the molecule is C=C1/C=C\C=C/CC/C(c2cc(C)c3oc4cc5oc6ccccc6c5cc4c3c2)=C/c2ccccc21. The zero-order valence-corrected chi connectivity index (χ0v) is 20.8. The molecule has 0 radical (unpaired) electrons. The smallest absolute Gasteiger partial charge is 0.139 e. The molecule has 0 aliphatic heterocycles. The molecule has 0 atom stereocenters. The second kappa shape index (κ2) is 8.53. The molecule has 178 valence electrons. The van der Waals surface area contributed by atoms with E-state index in [1.54, 1.807) is 0 Å². The van der Waals surface area contributed by atoms with Crippen molar-refractivity contribution in [3.63, 3.8) is 0 Å². The lowest BCUT2D eigenvalue weighted by Crippen LogP contribution is -1.90. The highest BCUT2D eigenvalue weighted by atomic mass is 16.3. The van der Waals surface area contributed by atoms with E-state index in [-0.39, 0.29) is 0 Å². The van der Waals surface area contributed by atoms with Gasteiger partial charge in [0, 0.05) is 27.6 Å². The van der Waals surface area contributed by atoms with Crippen LogP contribution in [0.25, 0.3) is 61.1 Å².